The Bertz CT molecular complexity index is 496. The van der Waals surface area contributed by atoms with Gasteiger partial charge in [-0.3, -0.25) is 4.68 Å². The molecule has 0 fully saturated rings. The van der Waals surface area contributed by atoms with Gasteiger partial charge in [0.2, 0.25) is 10.0 Å². The minimum Gasteiger partial charge on any atom is -0.314 e. The van der Waals surface area contributed by atoms with Gasteiger partial charge in [-0.15, -0.1) is 0 Å². The van der Waals surface area contributed by atoms with Crippen LogP contribution in [0.2, 0.25) is 0 Å². The molecule has 0 saturated carbocycles. The molecule has 0 radical (unpaired) electrons. The van der Waals surface area contributed by atoms with Crippen LogP contribution in [0.4, 0.5) is 0 Å². The Morgan fingerprint density at radius 1 is 1.35 bits per heavy atom. The molecular weight excluding hydrogens is 276 g/mol. The van der Waals surface area contributed by atoms with Crippen molar-refractivity contribution in [3.63, 3.8) is 0 Å². The molecule has 1 rings (SSSR count). The minimum atomic E-state index is -3.44. The molecule has 2 N–H and O–H groups in total. The zero-order valence-electron chi connectivity index (χ0n) is 12.8. The molecule has 0 aliphatic rings. The molecule has 6 nitrogen and oxygen atoms in total. The van der Waals surface area contributed by atoms with E-state index in [9.17, 15) is 8.42 Å². The average molecular weight is 302 g/mol. The average Bonchev–Trinajstić information content (AvgIpc) is 2.83. The van der Waals surface area contributed by atoms with Gasteiger partial charge in [0.25, 0.3) is 0 Å². The quantitative estimate of drug-likeness (QED) is 0.675. The number of sulfonamides is 1. The van der Waals surface area contributed by atoms with Crippen molar-refractivity contribution in [3.8, 4) is 0 Å². The van der Waals surface area contributed by atoms with Gasteiger partial charge in [-0.2, -0.15) is 5.10 Å². The second-order valence-electron chi connectivity index (χ2n) is 5.33. The lowest BCUT2D eigenvalue weighted by Crippen LogP contribution is -2.31. The van der Waals surface area contributed by atoms with Crippen LogP contribution in [0.1, 0.15) is 40.5 Å². The predicted molar refractivity (Wildman–Crippen MR) is 80.1 cm³/mol. The largest absolute Gasteiger partial charge is 0.314 e. The second-order valence-corrected chi connectivity index (χ2v) is 7.05. The van der Waals surface area contributed by atoms with Crippen molar-refractivity contribution < 1.29 is 8.42 Å². The van der Waals surface area contributed by atoms with Gasteiger partial charge in [-0.25, -0.2) is 13.1 Å². The number of hydrogen-bond donors (Lipinski definition) is 2. The standard InChI is InChI=1S/C13H26N4O2S/c1-5-12(4)16-20(18,19)13-9-15-17(10-13)8-6-7-14-11(2)3/h9-12,14,16H,5-8H2,1-4H3. The Labute approximate surface area is 122 Å². The van der Waals surface area contributed by atoms with E-state index in [1.54, 1.807) is 10.9 Å². The SMILES string of the molecule is CCC(C)NS(=O)(=O)c1cnn(CCCNC(C)C)c1. The van der Waals surface area contributed by atoms with Gasteiger partial charge < -0.3 is 5.32 Å². The lowest BCUT2D eigenvalue weighted by Gasteiger charge is -2.10. The summed E-state index contributed by atoms with van der Waals surface area (Å²) in [5, 5.41) is 7.42. The van der Waals surface area contributed by atoms with E-state index in [2.05, 4.69) is 29.0 Å². The predicted octanol–water partition coefficient (Wildman–Crippen LogP) is 1.35. The smallest absolute Gasteiger partial charge is 0.243 e. The molecule has 20 heavy (non-hydrogen) atoms. The van der Waals surface area contributed by atoms with Crippen LogP contribution in [-0.2, 0) is 16.6 Å². The second kappa shape index (κ2) is 7.75. The van der Waals surface area contributed by atoms with Crippen LogP contribution in [0.3, 0.4) is 0 Å². The van der Waals surface area contributed by atoms with Crippen LogP contribution in [0.5, 0.6) is 0 Å². The van der Waals surface area contributed by atoms with Gasteiger partial charge in [0.1, 0.15) is 4.90 Å². The lowest BCUT2D eigenvalue weighted by atomic mass is 10.3. The number of aromatic nitrogens is 2. The van der Waals surface area contributed by atoms with Gasteiger partial charge in [-0.05, 0) is 26.3 Å². The maximum Gasteiger partial charge on any atom is 0.243 e. The van der Waals surface area contributed by atoms with Crippen molar-refractivity contribution in [1.82, 2.24) is 19.8 Å². The summed E-state index contributed by atoms with van der Waals surface area (Å²) in [6.45, 7) is 9.58. The third-order valence-electron chi connectivity index (χ3n) is 3.01. The van der Waals surface area contributed by atoms with Crippen LogP contribution < -0.4 is 10.0 Å². The maximum atomic E-state index is 12.1. The molecule has 0 aliphatic carbocycles. The molecule has 0 aliphatic heterocycles. The molecular formula is C13H26N4O2S. The first-order chi connectivity index (χ1) is 9.35. The third kappa shape index (κ3) is 5.60. The third-order valence-corrected chi connectivity index (χ3v) is 4.55. The highest BCUT2D eigenvalue weighted by Crippen LogP contribution is 2.08. The summed E-state index contributed by atoms with van der Waals surface area (Å²) < 4.78 is 28.4. The summed E-state index contributed by atoms with van der Waals surface area (Å²) in [6.07, 6.45) is 4.66. The van der Waals surface area contributed by atoms with Crippen LogP contribution in [0.15, 0.2) is 17.3 Å². The fraction of sp³-hybridized carbons (Fsp3) is 0.769. The summed E-state index contributed by atoms with van der Waals surface area (Å²) in [6, 6.07) is 0.391. The number of rotatable bonds is 9. The van der Waals surface area contributed by atoms with Gasteiger partial charge in [0.15, 0.2) is 0 Å². The summed E-state index contributed by atoms with van der Waals surface area (Å²) in [5.74, 6) is 0. The fourth-order valence-electron chi connectivity index (χ4n) is 1.65. The molecule has 0 saturated heterocycles. The lowest BCUT2D eigenvalue weighted by molar-refractivity contribution is 0.513. The van der Waals surface area contributed by atoms with E-state index in [1.807, 2.05) is 13.8 Å². The first kappa shape index (κ1) is 17.1. The van der Waals surface area contributed by atoms with E-state index >= 15 is 0 Å². The van der Waals surface area contributed by atoms with Crippen molar-refractivity contribution >= 4 is 10.0 Å². The van der Waals surface area contributed by atoms with Crippen molar-refractivity contribution in [2.45, 2.75) is 64.1 Å². The Balaban J connectivity index is 2.54. The molecule has 0 aromatic carbocycles. The van der Waals surface area contributed by atoms with Crippen molar-refractivity contribution in [3.05, 3.63) is 12.4 Å². The van der Waals surface area contributed by atoms with E-state index < -0.39 is 10.0 Å². The molecule has 116 valence electrons. The first-order valence-electron chi connectivity index (χ1n) is 7.13. The maximum absolute atomic E-state index is 12.1. The van der Waals surface area contributed by atoms with E-state index in [1.165, 1.54) is 6.20 Å². The first-order valence-corrected chi connectivity index (χ1v) is 8.61. The van der Waals surface area contributed by atoms with Gasteiger partial charge in [0, 0.05) is 24.8 Å². The van der Waals surface area contributed by atoms with Gasteiger partial charge in [0.05, 0.1) is 6.20 Å². The number of aryl methyl sites for hydroxylation is 1. The molecule has 0 spiro atoms. The zero-order valence-corrected chi connectivity index (χ0v) is 13.6. The summed E-state index contributed by atoms with van der Waals surface area (Å²) >= 11 is 0. The number of nitrogens with one attached hydrogen (secondary N) is 2. The van der Waals surface area contributed by atoms with E-state index in [0.717, 1.165) is 19.4 Å². The minimum absolute atomic E-state index is 0.0707. The Morgan fingerprint density at radius 3 is 2.65 bits per heavy atom. The number of hydrogen-bond acceptors (Lipinski definition) is 4. The molecule has 0 bridgehead atoms. The van der Waals surface area contributed by atoms with Crippen molar-refractivity contribution in [2.75, 3.05) is 6.54 Å². The topological polar surface area (TPSA) is 76.0 Å². The molecule has 1 aromatic rings. The molecule has 1 heterocycles. The highest BCUT2D eigenvalue weighted by atomic mass is 32.2. The highest BCUT2D eigenvalue weighted by Gasteiger charge is 2.18. The van der Waals surface area contributed by atoms with Crippen LogP contribution in [-0.4, -0.2) is 36.8 Å². The summed E-state index contributed by atoms with van der Waals surface area (Å²) in [7, 11) is -3.44. The Kier molecular flexibility index (Phi) is 6.64. The Morgan fingerprint density at radius 2 is 2.05 bits per heavy atom. The molecule has 1 atom stereocenters. The van der Waals surface area contributed by atoms with E-state index in [4.69, 9.17) is 0 Å². The number of nitrogens with zero attached hydrogens (tertiary/aromatic N) is 2. The van der Waals surface area contributed by atoms with Crippen LogP contribution in [0, 0.1) is 0 Å². The summed E-state index contributed by atoms with van der Waals surface area (Å²) in [4.78, 5) is 0.231. The van der Waals surface area contributed by atoms with Gasteiger partial charge in [-0.1, -0.05) is 20.8 Å². The summed E-state index contributed by atoms with van der Waals surface area (Å²) in [5.41, 5.74) is 0. The highest BCUT2D eigenvalue weighted by molar-refractivity contribution is 7.89. The van der Waals surface area contributed by atoms with E-state index in [-0.39, 0.29) is 10.9 Å². The Hall–Kier alpha value is -0.920. The van der Waals surface area contributed by atoms with E-state index in [0.29, 0.717) is 12.6 Å². The van der Waals surface area contributed by atoms with Crippen LogP contribution in [0.25, 0.3) is 0 Å². The van der Waals surface area contributed by atoms with Crippen molar-refractivity contribution in [1.29, 1.82) is 0 Å². The zero-order chi connectivity index (χ0) is 15.2. The molecule has 1 aromatic heterocycles. The molecule has 1 unspecified atom stereocenters. The normalized spacial score (nSPS) is 13.8. The molecule has 7 heteroatoms. The van der Waals surface area contributed by atoms with Gasteiger partial charge >= 0.3 is 0 Å². The fourth-order valence-corrected chi connectivity index (χ4v) is 2.93. The monoisotopic (exact) mass is 302 g/mol. The van der Waals surface area contributed by atoms with Crippen molar-refractivity contribution in [2.24, 2.45) is 0 Å². The van der Waals surface area contributed by atoms with Crippen LogP contribution >= 0.6 is 0 Å². The molecule has 0 amide bonds.